The van der Waals surface area contributed by atoms with Crippen molar-refractivity contribution in [2.45, 2.75) is 31.8 Å². The molecule has 0 aliphatic carbocycles. The monoisotopic (exact) mass is 366 g/mol. The zero-order chi connectivity index (χ0) is 16.0. The van der Waals surface area contributed by atoms with Gasteiger partial charge in [-0.25, -0.2) is 0 Å². The highest BCUT2D eigenvalue weighted by Crippen LogP contribution is 2.36. The van der Waals surface area contributed by atoms with Gasteiger partial charge < -0.3 is 5.32 Å². The third-order valence-corrected chi connectivity index (χ3v) is 7.63. The Morgan fingerprint density at radius 2 is 1.87 bits per heavy atom. The van der Waals surface area contributed by atoms with E-state index in [1.807, 2.05) is 24.3 Å². The summed E-state index contributed by atoms with van der Waals surface area (Å²) in [6.45, 7) is 4.60. The molecule has 6 heteroatoms. The topological polar surface area (TPSA) is 32.3 Å². The van der Waals surface area contributed by atoms with Crippen LogP contribution in [0.4, 0.5) is 0 Å². The average Bonchev–Trinajstić information content (AvgIpc) is 3.20. The van der Waals surface area contributed by atoms with Gasteiger partial charge >= 0.3 is 0 Å². The zero-order valence-corrected chi connectivity index (χ0v) is 15.3. The molecule has 0 radical (unpaired) electrons. The third kappa shape index (κ3) is 2.95. The maximum Gasteiger partial charge on any atom is 0.261 e. The third-order valence-electron chi connectivity index (χ3n) is 5.12. The molecule has 23 heavy (non-hydrogen) atoms. The van der Waals surface area contributed by atoms with Crippen molar-refractivity contribution in [3.8, 4) is 9.75 Å². The van der Waals surface area contributed by atoms with Crippen LogP contribution in [0, 0.1) is 5.92 Å². The number of nitrogens with zero attached hydrogens (tertiary/aromatic N) is 1. The maximum absolute atomic E-state index is 12.6. The highest BCUT2D eigenvalue weighted by molar-refractivity contribution is 7.24. The van der Waals surface area contributed by atoms with Crippen LogP contribution in [0.5, 0.6) is 0 Å². The summed E-state index contributed by atoms with van der Waals surface area (Å²) in [7, 11) is 0. The van der Waals surface area contributed by atoms with Gasteiger partial charge in [-0.05, 0) is 63.0 Å². The molecular formula is C17H19ClN2OS2. The average molecular weight is 367 g/mol. The number of carbonyl (C=O) groups excluding carboxylic acids is 1. The molecule has 0 spiro atoms. The molecule has 3 aliphatic rings. The highest BCUT2D eigenvalue weighted by atomic mass is 35.5. The fourth-order valence-electron chi connectivity index (χ4n) is 3.81. The Labute approximate surface area is 149 Å². The largest absolute Gasteiger partial charge is 0.347 e. The molecule has 3 fully saturated rings. The molecule has 2 aromatic heterocycles. The second-order valence-electron chi connectivity index (χ2n) is 6.38. The van der Waals surface area contributed by atoms with E-state index in [0.29, 0.717) is 12.0 Å². The highest BCUT2D eigenvalue weighted by Gasteiger charge is 2.40. The molecule has 1 N–H and O–H groups in total. The van der Waals surface area contributed by atoms with Crippen LogP contribution in [0.15, 0.2) is 24.3 Å². The van der Waals surface area contributed by atoms with Gasteiger partial charge in [0.15, 0.2) is 0 Å². The quantitative estimate of drug-likeness (QED) is 0.876. The summed E-state index contributed by atoms with van der Waals surface area (Å²) in [6.07, 6.45) is 2.41. The number of amides is 1. The second-order valence-corrected chi connectivity index (χ2v) is 9.18. The Hall–Kier alpha value is -0.880. The predicted molar refractivity (Wildman–Crippen MR) is 97.7 cm³/mol. The Morgan fingerprint density at radius 3 is 2.52 bits per heavy atom. The molecule has 122 valence electrons. The summed E-state index contributed by atoms with van der Waals surface area (Å²) in [4.78, 5) is 18.2. The van der Waals surface area contributed by atoms with Gasteiger partial charge in [-0.1, -0.05) is 11.6 Å². The smallest absolute Gasteiger partial charge is 0.261 e. The van der Waals surface area contributed by atoms with Crippen LogP contribution in [-0.2, 0) is 0 Å². The lowest BCUT2D eigenvalue weighted by molar-refractivity contribution is 0.0218. The van der Waals surface area contributed by atoms with E-state index in [1.54, 1.807) is 22.7 Å². The first-order chi connectivity index (χ1) is 11.1. The summed E-state index contributed by atoms with van der Waals surface area (Å²) < 4.78 is 0.778. The Bertz CT molecular complexity index is 716. The van der Waals surface area contributed by atoms with Crippen molar-refractivity contribution < 1.29 is 4.79 Å². The Balaban J connectivity index is 1.48. The van der Waals surface area contributed by atoms with Crippen molar-refractivity contribution >= 4 is 40.2 Å². The molecule has 0 unspecified atom stereocenters. The van der Waals surface area contributed by atoms with Crippen molar-refractivity contribution in [1.82, 2.24) is 10.2 Å². The van der Waals surface area contributed by atoms with Crippen LogP contribution in [0.1, 0.15) is 29.4 Å². The van der Waals surface area contributed by atoms with Crippen molar-refractivity contribution in [3.63, 3.8) is 0 Å². The van der Waals surface area contributed by atoms with Crippen molar-refractivity contribution in [3.05, 3.63) is 33.5 Å². The van der Waals surface area contributed by atoms with Crippen molar-refractivity contribution in [1.29, 1.82) is 0 Å². The van der Waals surface area contributed by atoms with Gasteiger partial charge in [0.1, 0.15) is 0 Å². The minimum Gasteiger partial charge on any atom is -0.347 e. The van der Waals surface area contributed by atoms with Crippen LogP contribution in [0.25, 0.3) is 9.75 Å². The van der Waals surface area contributed by atoms with Gasteiger partial charge in [-0.2, -0.15) is 0 Å². The number of fused-ring (bicyclic) bond motifs is 3. The lowest BCUT2D eigenvalue weighted by Gasteiger charge is -2.49. The molecular weight excluding hydrogens is 348 g/mol. The SMILES string of the molecule is C[C@@H]1[C@H](NC(=O)c2ccc(-c3ccc(Cl)s3)s2)C2CCN1CC2. The number of piperidine rings is 3. The number of carbonyl (C=O) groups is 1. The molecule has 3 saturated heterocycles. The molecule has 2 atom stereocenters. The van der Waals surface area contributed by atoms with Gasteiger partial charge in [-0.15, -0.1) is 22.7 Å². The van der Waals surface area contributed by atoms with E-state index in [1.165, 1.54) is 25.9 Å². The summed E-state index contributed by atoms with van der Waals surface area (Å²) in [5.41, 5.74) is 0. The molecule has 0 saturated carbocycles. The molecule has 5 rings (SSSR count). The predicted octanol–water partition coefficient (Wildman–Crippen LogP) is 4.34. The first kappa shape index (κ1) is 15.6. The van der Waals surface area contributed by atoms with Crippen LogP contribution in [0.3, 0.4) is 0 Å². The van der Waals surface area contributed by atoms with E-state index < -0.39 is 0 Å². The maximum atomic E-state index is 12.6. The Morgan fingerprint density at radius 1 is 1.17 bits per heavy atom. The summed E-state index contributed by atoms with van der Waals surface area (Å²) in [5.74, 6) is 0.698. The minimum absolute atomic E-state index is 0.0644. The Kier molecular flexibility index (Phi) is 4.22. The number of hydrogen-bond acceptors (Lipinski definition) is 4. The first-order valence-electron chi connectivity index (χ1n) is 8.02. The van der Waals surface area contributed by atoms with E-state index in [9.17, 15) is 4.79 Å². The molecule has 2 bridgehead atoms. The van der Waals surface area contributed by atoms with Gasteiger partial charge in [0, 0.05) is 21.8 Å². The van der Waals surface area contributed by atoms with Crippen LogP contribution >= 0.6 is 34.3 Å². The number of nitrogens with one attached hydrogen (secondary N) is 1. The normalized spacial score (nSPS) is 29.7. The van der Waals surface area contributed by atoms with E-state index in [2.05, 4.69) is 17.1 Å². The van der Waals surface area contributed by atoms with Gasteiger partial charge in [-0.3, -0.25) is 9.69 Å². The summed E-state index contributed by atoms with van der Waals surface area (Å²) in [6, 6.07) is 8.58. The summed E-state index contributed by atoms with van der Waals surface area (Å²) in [5, 5.41) is 3.29. The fraction of sp³-hybridized carbons (Fsp3) is 0.471. The first-order valence-corrected chi connectivity index (χ1v) is 10.0. The molecule has 2 aromatic rings. The van der Waals surface area contributed by atoms with E-state index in [4.69, 9.17) is 11.6 Å². The van der Waals surface area contributed by atoms with Crippen molar-refractivity contribution in [2.24, 2.45) is 5.92 Å². The fourth-order valence-corrected chi connectivity index (χ4v) is 5.85. The molecule has 3 aliphatic heterocycles. The second kappa shape index (κ2) is 6.20. The lowest BCUT2D eigenvalue weighted by atomic mass is 9.79. The molecule has 1 amide bonds. The van der Waals surface area contributed by atoms with Crippen molar-refractivity contribution in [2.75, 3.05) is 13.1 Å². The van der Waals surface area contributed by atoms with Crippen LogP contribution < -0.4 is 5.32 Å². The van der Waals surface area contributed by atoms with Crippen LogP contribution in [0.2, 0.25) is 4.34 Å². The zero-order valence-electron chi connectivity index (χ0n) is 12.9. The molecule has 0 aromatic carbocycles. The number of thiophene rings is 2. The molecule has 3 nitrogen and oxygen atoms in total. The number of rotatable bonds is 3. The number of halogens is 1. The number of hydrogen-bond donors (Lipinski definition) is 1. The minimum atomic E-state index is 0.0644. The van der Waals surface area contributed by atoms with Gasteiger partial charge in [0.05, 0.1) is 9.21 Å². The standard InChI is InChI=1S/C17H19ClN2OS2/c1-10-16(11-6-8-20(10)9-7-11)19-17(21)14-3-2-12(22-14)13-4-5-15(18)23-13/h2-5,10-11,16H,6-9H2,1H3,(H,19,21)/t10-,16+/m1/s1. The molecule has 5 heterocycles. The summed E-state index contributed by atoms with van der Waals surface area (Å²) >= 11 is 9.09. The van der Waals surface area contributed by atoms with Gasteiger partial charge in [0.25, 0.3) is 5.91 Å². The van der Waals surface area contributed by atoms with Gasteiger partial charge in [0.2, 0.25) is 0 Å². The van der Waals surface area contributed by atoms with Crippen LogP contribution in [-0.4, -0.2) is 36.0 Å². The van der Waals surface area contributed by atoms with E-state index in [-0.39, 0.29) is 11.9 Å². The van der Waals surface area contributed by atoms with E-state index >= 15 is 0 Å². The van der Waals surface area contributed by atoms with E-state index in [0.717, 1.165) is 19.0 Å². The lowest BCUT2D eigenvalue weighted by Crippen LogP contribution is -2.62.